The molecule has 0 radical (unpaired) electrons. The largest absolute Gasteiger partial charge is 0.434 e. The number of halogens is 1. The SMILES string of the molecule is O=C(NCC(=O)N1CCCC1C(=O)NCC(=O)c1nc2ccccc2o1)Oc1ccc(Cl)cc1. The molecule has 11 heteroatoms. The van der Waals surface area contributed by atoms with Gasteiger partial charge in [-0.1, -0.05) is 23.7 Å². The second-order valence-corrected chi connectivity index (χ2v) is 8.01. The van der Waals surface area contributed by atoms with Crippen LogP contribution in [0.1, 0.15) is 23.5 Å². The Morgan fingerprint density at radius 2 is 1.82 bits per heavy atom. The number of oxazole rings is 1. The number of hydrogen-bond acceptors (Lipinski definition) is 7. The molecular weight excluding hydrogens is 464 g/mol. The number of nitrogens with one attached hydrogen (secondary N) is 2. The molecule has 2 aromatic carbocycles. The highest BCUT2D eigenvalue weighted by atomic mass is 35.5. The molecule has 1 fully saturated rings. The fourth-order valence-electron chi connectivity index (χ4n) is 3.59. The number of Topliss-reactive ketones (excluding diaryl/α,β-unsaturated/α-hetero) is 1. The van der Waals surface area contributed by atoms with E-state index in [4.69, 9.17) is 20.8 Å². The summed E-state index contributed by atoms with van der Waals surface area (Å²) in [5.41, 5.74) is 1.03. The number of benzene rings is 2. The zero-order valence-corrected chi connectivity index (χ0v) is 18.7. The molecule has 1 aliphatic rings. The molecule has 3 aromatic rings. The van der Waals surface area contributed by atoms with E-state index in [1.165, 1.54) is 17.0 Å². The number of para-hydroxylation sites is 2. The number of ketones is 1. The summed E-state index contributed by atoms with van der Waals surface area (Å²) in [7, 11) is 0. The van der Waals surface area contributed by atoms with Gasteiger partial charge in [0.25, 0.3) is 5.89 Å². The highest BCUT2D eigenvalue weighted by Crippen LogP contribution is 2.19. The van der Waals surface area contributed by atoms with Gasteiger partial charge in [-0.3, -0.25) is 14.4 Å². The van der Waals surface area contributed by atoms with Gasteiger partial charge < -0.3 is 24.7 Å². The fourth-order valence-corrected chi connectivity index (χ4v) is 3.71. The van der Waals surface area contributed by atoms with Crippen molar-refractivity contribution in [2.75, 3.05) is 19.6 Å². The van der Waals surface area contributed by atoms with E-state index in [9.17, 15) is 19.2 Å². The van der Waals surface area contributed by atoms with Gasteiger partial charge in [-0.05, 0) is 49.2 Å². The number of rotatable bonds is 7. The lowest BCUT2D eigenvalue weighted by Crippen LogP contribution is -2.49. The number of likely N-dealkylation sites (tertiary alicyclic amines) is 1. The first-order chi connectivity index (χ1) is 16.4. The Bertz CT molecular complexity index is 1190. The van der Waals surface area contributed by atoms with Crippen molar-refractivity contribution in [3.8, 4) is 5.75 Å². The van der Waals surface area contributed by atoms with Gasteiger partial charge in [0.15, 0.2) is 5.58 Å². The lowest BCUT2D eigenvalue weighted by molar-refractivity contribution is -0.137. The minimum absolute atomic E-state index is 0.0933. The summed E-state index contributed by atoms with van der Waals surface area (Å²) < 4.78 is 10.5. The first-order valence-corrected chi connectivity index (χ1v) is 11.0. The molecule has 0 bridgehead atoms. The number of hydrogen-bond donors (Lipinski definition) is 2. The summed E-state index contributed by atoms with van der Waals surface area (Å²) in [4.78, 5) is 55.0. The average molecular weight is 485 g/mol. The van der Waals surface area contributed by atoms with Crippen LogP contribution in [0.3, 0.4) is 0 Å². The zero-order valence-electron chi connectivity index (χ0n) is 18.0. The molecular formula is C23H21ClN4O6. The van der Waals surface area contributed by atoms with E-state index in [2.05, 4.69) is 15.6 Å². The zero-order chi connectivity index (χ0) is 24.1. The minimum atomic E-state index is -0.806. The van der Waals surface area contributed by atoms with Crippen LogP contribution in [0.25, 0.3) is 11.1 Å². The Morgan fingerprint density at radius 3 is 2.59 bits per heavy atom. The number of nitrogens with zero attached hydrogens (tertiary/aromatic N) is 2. The Morgan fingerprint density at radius 1 is 1.06 bits per heavy atom. The number of fused-ring (bicyclic) bond motifs is 1. The van der Waals surface area contributed by atoms with Crippen molar-refractivity contribution in [1.82, 2.24) is 20.5 Å². The standard InChI is InChI=1S/C23H21ClN4O6/c24-14-7-9-15(10-8-14)33-23(32)26-13-20(30)28-11-3-5-17(28)21(31)25-12-18(29)22-27-16-4-1-2-6-19(16)34-22/h1-2,4,6-10,17H,3,5,11-13H2,(H,25,31)(H,26,32). The van der Waals surface area contributed by atoms with Gasteiger partial charge >= 0.3 is 6.09 Å². The molecule has 1 aromatic heterocycles. The van der Waals surface area contributed by atoms with E-state index in [-0.39, 0.29) is 24.7 Å². The number of amides is 3. The summed E-state index contributed by atoms with van der Waals surface area (Å²) >= 11 is 5.79. The molecule has 3 amide bonds. The third kappa shape index (κ3) is 5.52. The molecule has 2 N–H and O–H groups in total. The van der Waals surface area contributed by atoms with E-state index in [1.807, 2.05) is 0 Å². The second-order valence-electron chi connectivity index (χ2n) is 7.57. The maximum Gasteiger partial charge on any atom is 0.413 e. The summed E-state index contributed by atoms with van der Waals surface area (Å²) in [6, 6.07) is 12.4. The predicted octanol–water partition coefficient (Wildman–Crippen LogP) is 2.56. The number of carbonyl (C=O) groups is 4. The maximum atomic E-state index is 12.6. The lowest BCUT2D eigenvalue weighted by Gasteiger charge is -2.23. The minimum Gasteiger partial charge on any atom is -0.434 e. The van der Waals surface area contributed by atoms with Crippen molar-refractivity contribution in [1.29, 1.82) is 0 Å². The molecule has 1 atom stereocenters. The Labute approximate surface area is 199 Å². The third-order valence-electron chi connectivity index (χ3n) is 5.24. The molecule has 4 rings (SSSR count). The summed E-state index contributed by atoms with van der Waals surface area (Å²) in [5.74, 6) is -1.19. The third-order valence-corrected chi connectivity index (χ3v) is 5.49. The van der Waals surface area contributed by atoms with Gasteiger partial charge in [0.2, 0.25) is 17.6 Å². The fraction of sp³-hybridized carbons (Fsp3) is 0.261. The number of ether oxygens (including phenoxy) is 1. The normalized spacial score (nSPS) is 15.2. The van der Waals surface area contributed by atoms with Crippen LogP contribution in [0.4, 0.5) is 4.79 Å². The van der Waals surface area contributed by atoms with Gasteiger partial charge in [-0.15, -0.1) is 0 Å². The van der Waals surface area contributed by atoms with Gasteiger partial charge in [0, 0.05) is 11.6 Å². The highest BCUT2D eigenvalue weighted by Gasteiger charge is 2.34. The van der Waals surface area contributed by atoms with E-state index in [0.717, 1.165) is 0 Å². The predicted molar refractivity (Wildman–Crippen MR) is 122 cm³/mol. The first kappa shape index (κ1) is 23.2. The molecule has 10 nitrogen and oxygen atoms in total. The van der Waals surface area contributed by atoms with E-state index >= 15 is 0 Å². The Hall–Kier alpha value is -3.92. The molecule has 176 valence electrons. The quantitative estimate of drug-likeness (QED) is 0.493. The topological polar surface area (TPSA) is 131 Å². The van der Waals surface area contributed by atoms with Crippen molar-refractivity contribution < 1.29 is 28.3 Å². The Kier molecular flexibility index (Phi) is 7.07. The molecule has 1 unspecified atom stereocenters. The molecule has 2 heterocycles. The second kappa shape index (κ2) is 10.3. The van der Waals surface area contributed by atoms with Crippen molar-refractivity contribution in [2.45, 2.75) is 18.9 Å². The van der Waals surface area contributed by atoms with Gasteiger partial charge in [-0.25, -0.2) is 9.78 Å². The van der Waals surface area contributed by atoms with Gasteiger partial charge in [0.1, 0.15) is 23.9 Å². The van der Waals surface area contributed by atoms with Crippen LogP contribution >= 0.6 is 11.6 Å². The highest BCUT2D eigenvalue weighted by molar-refractivity contribution is 6.30. The van der Waals surface area contributed by atoms with Crippen LogP contribution in [-0.2, 0) is 9.59 Å². The number of carbonyl (C=O) groups excluding carboxylic acids is 4. The van der Waals surface area contributed by atoms with Crippen molar-refractivity contribution in [2.24, 2.45) is 0 Å². The molecule has 0 aliphatic carbocycles. The van der Waals surface area contributed by atoms with Gasteiger partial charge in [-0.2, -0.15) is 0 Å². The van der Waals surface area contributed by atoms with Crippen molar-refractivity contribution >= 4 is 46.4 Å². The van der Waals surface area contributed by atoms with Gasteiger partial charge in [0.05, 0.1) is 6.54 Å². The van der Waals surface area contributed by atoms with Crippen LogP contribution in [0.5, 0.6) is 5.75 Å². The van der Waals surface area contributed by atoms with E-state index in [0.29, 0.717) is 35.5 Å². The molecule has 1 saturated heterocycles. The monoisotopic (exact) mass is 484 g/mol. The first-order valence-electron chi connectivity index (χ1n) is 10.6. The van der Waals surface area contributed by atoms with Crippen molar-refractivity contribution in [3.63, 3.8) is 0 Å². The van der Waals surface area contributed by atoms with Crippen LogP contribution < -0.4 is 15.4 Å². The van der Waals surface area contributed by atoms with E-state index < -0.39 is 29.7 Å². The lowest BCUT2D eigenvalue weighted by atomic mass is 10.2. The summed E-state index contributed by atoms with van der Waals surface area (Å²) in [6.45, 7) is -0.280. The van der Waals surface area contributed by atoms with Crippen LogP contribution in [0.2, 0.25) is 5.02 Å². The summed E-state index contributed by atoms with van der Waals surface area (Å²) in [6.07, 6.45) is 0.266. The maximum absolute atomic E-state index is 12.6. The van der Waals surface area contributed by atoms with Crippen LogP contribution in [0.15, 0.2) is 52.9 Å². The van der Waals surface area contributed by atoms with Crippen LogP contribution in [-0.4, -0.2) is 59.3 Å². The molecule has 1 aliphatic heterocycles. The molecule has 34 heavy (non-hydrogen) atoms. The smallest absolute Gasteiger partial charge is 0.413 e. The van der Waals surface area contributed by atoms with Crippen LogP contribution in [0, 0.1) is 0 Å². The molecule has 0 spiro atoms. The summed E-state index contributed by atoms with van der Waals surface area (Å²) in [5, 5.41) is 5.42. The average Bonchev–Trinajstić information content (AvgIpc) is 3.50. The number of aromatic nitrogens is 1. The van der Waals surface area contributed by atoms with Crippen molar-refractivity contribution in [3.05, 3.63) is 59.4 Å². The molecule has 0 saturated carbocycles. The Balaban J connectivity index is 1.26. The van der Waals surface area contributed by atoms with E-state index in [1.54, 1.807) is 36.4 Å².